The molecule has 6 nitrogen and oxygen atoms in total. The molecule has 6 heteroatoms. The Morgan fingerprint density at radius 2 is 2.00 bits per heavy atom. The summed E-state index contributed by atoms with van der Waals surface area (Å²) in [5, 5.41) is 8.74. The van der Waals surface area contributed by atoms with Gasteiger partial charge in [0.15, 0.2) is 11.5 Å². The maximum Gasteiger partial charge on any atom is 0.377 e. The van der Waals surface area contributed by atoms with Crippen LogP contribution in [0.2, 0.25) is 0 Å². The molecule has 1 aromatic rings. The Hall–Kier alpha value is -2.24. The van der Waals surface area contributed by atoms with Crippen LogP contribution in [0, 0.1) is 0 Å². The number of carboxylic acid groups (broad SMARTS) is 1. The first kappa shape index (κ1) is 12.2. The van der Waals surface area contributed by atoms with Gasteiger partial charge in [0.25, 0.3) is 5.78 Å². The van der Waals surface area contributed by atoms with E-state index in [2.05, 4.69) is 0 Å². The predicted molar refractivity (Wildman–Crippen MR) is 60.6 cm³/mol. The third-order valence-electron chi connectivity index (χ3n) is 2.51. The van der Waals surface area contributed by atoms with Crippen molar-refractivity contribution in [2.75, 3.05) is 20.3 Å². The highest BCUT2D eigenvalue weighted by Crippen LogP contribution is 2.41. The third kappa shape index (κ3) is 2.09. The number of Topliss-reactive ketones (excluding diaryl/α,β-unsaturated/α-hetero) is 1. The lowest BCUT2D eigenvalue weighted by Gasteiger charge is -2.13. The Kier molecular flexibility index (Phi) is 3.36. The van der Waals surface area contributed by atoms with E-state index in [1.807, 2.05) is 0 Å². The standard InChI is InChI=1S/C12H12O6/c1-16-10-7(9(13)12(14)15)3-4-8-11(10)18-6-2-5-17-8/h3-4H,2,5-6H2,1H3,(H,14,15). The summed E-state index contributed by atoms with van der Waals surface area (Å²) in [6.45, 7) is 0.927. The smallest absolute Gasteiger partial charge is 0.377 e. The van der Waals surface area contributed by atoms with Crippen LogP contribution >= 0.6 is 0 Å². The summed E-state index contributed by atoms with van der Waals surface area (Å²) in [6, 6.07) is 2.88. The van der Waals surface area contributed by atoms with E-state index in [9.17, 15) is 9.59 Å². The average molecular weight is 252 g/mol. The number of carbonyl (C=O) groups is 2. The van der Waals surface area contributed by atoms with Gasteiger partial charge in [-0.15, -0.1) is 0 Å². The Morgan fingerprint density at radius 3 is 2.67 bits per heavy atom. The number of aliphatic carboxylic acids is 1. The van der Waals surface area contributed by atoms with Crippen LogP contribution in [0.4, 0.5) is 0 Å². The normalized spacial score (nSPS) is 13.6. The first-order valence-corrected chi connectivity index (χ1v) is 5.39. The molecule has 1 aromatic carbocycles. The second-order valence-electron chi connectivity index (χ2n) is 3.66. The van der Waals surface area contributed by atoms with Gasteiger partial charge >= 0.3 is 5.97 Å². The predicted octanol–water partition coefficient (Wildman–Crippen LogP) is 1.12. The fraction of sp³-hybridized carbons (Fsp3) is 0.333. The molecule has 0 spiro atoms. The molecular weight excluding hydrogens is 240 g/mol. The largest absolute Gasteiger partial charge is 0.492 e. The number of fused-ring (bicyclic) bond motifs is 1. The fourth-order valence-electron chi connectivity index (χ4n) is 1.71. The van der Waals surface area contributed by atoms with Crippen molar-refractivity contribution in [1.82, 2.24) is 0 Å². The van der Waals surface area contributed by atoms with Gasteiger partial charge in [-0.05, 0) is 12.1 Å². The van der Waals surface area contributed by atoms with E-state index in [1.165, 1.54) is 19.2 Å². The van der Waals surface area contributed by atoms with E-state index in [-0.39, 0.29) is 17.1 Å². The zero-order valence-corrected chi connectivity index (χ0v) is 9.76. The van der Waals surface area contributed by atoms with E-state index in [0.717, 1.165) is 0 Å². The number of benzene rings is 1. The van der Waals surface area contributed by atoms with Gasteiger partial charge in [-0.25, -0.2) is 4.79 Å². The zero-order valence-electron chi connectivity index (χ0n) is 9.76. The van der Waals surface area contributed by atoms with E-state index in [1.54, 1.807) is 0 Å². The quantitative estimate of drug-likeness (QED) is 0.641. The first-order chi connectivity index (χ1) is 8.65. The van der Waals surface area contributed by atoms with Crippen molar-refractivity contribution in [2.24, 2.45) is 0 Å². The van der Waals surface area contributed by atoms with Crippen molar-refractivity contribution >= 4 is 11.8 Å². The van der Waals surface area contributed by atoms with Crippen LogP contribution in [-0.2, 0) is 4.79 Å². The molecule has 0 aliphatic carbocycles. The molecule has 1 aliphatic rings. The minimum Gasteiger partial charge on any atom is -0.492 e. The Morgan fingerprint density at radius 1 is 1.28 bits per heavy atom. The lowest BCUT2D eigenvalue weighted by Crippen LogP contribution is -2.14. The van der Waals surface area contributed by atoms with Gasteiger partial charge in [-0.1, -0.05) is 0 Å². The second-order valence-corrected chi connectivity index (χ2v) is 3.66. The first-order valence-electron chi connectivity index (χ1n) is 5.39. The maximum absolute atomic E-state index is 11.5. The number of rotatable bonds is 3. The van der Waals surface area contributed by atoms with E-state index in [4.69, 9.17) is 19.3 Å². The fourth-order valence-corrected chi connectivity index (χ4v) is 1.71. The van der Waals surface area contributed by atoms with Crippen molar-refractivity contribution < 1.29 is 28.9 Å². The number of hydrogen-bond acceptors (Lipinski definition) is 5. The molecule has 0 amide bonds. The minimum atomic E-state index is -1.54. The van der Waals surface area contributed by atoms with E-state index in [0.29, 0.717) is 25.4 Å². The monoisotopic (exact) mass is 252 g/mol. The summed E-state index contributed by atoms with van der Waals surface area (Å²) in [4.78, 5) is 22.2. The Labute approximate surface area is 103 Å². The molecule has 1 aliphatic heterocycles. The molecule has 0 saturated heterocycles. The maximum atomic E-state index is 11.5. The molecule has 1 N–H and O–H groups in total. The molecule has 0 unspecified atom stereocenters. The SMILES string of the molecule is COc1c(C(=O)C(=O)O)ccc2c1OCCCO2. The van der Waals surface area contributed by atoms with Gasteiger partial charge in [-0.2, -0.15) is 0 Å². The van der Waals surface area contributed by atoms with Crippen molar-refractivity contribution in [2.45, 2.75) is 6.42 Å². The van der Waals surface area contributed by atoms with Gasteiger partial charge in [0.2, 0.25) is 5.75 Å². The summed E-state index contributed by atoms with van der Waals surface area (Å²) in [7, 11) is 1.35. The van der Waals surface area contributed by atoms with E-state index >= 15 is 0 Å². The number of carbonyl (C=O) groups excluding carboxylic acids is 1. The van der Waals surface area contributed by atoms with Gasteiger partial charge in [0.1, 0.15) is 0 Å². The number of hydrogen-bond donors (Lipinski definition) is 1. The molecule has 2 rings (SSSR count). The molecular formula is C12H12O6. The highest BCUT2D eigenvalue weighted by molar-refractivity contribution is 6.40. The Balaban J connectivity index is 2.53. The van der Waals surface area contributed by atoms with Crippen LogP contribution in [0.25, 0.3) is 0 Å². The van der Waals surface area contributed by atoms with Crippen LogP contribution in [0.3, 0.4) is 0 Å². The van der Waals surface area contributed by atoms with Gasteiger partial charge in [0.05, 0.1) is 25.9 Å². The lowest BCUT2D eigenvalue weighted by molar-refractivity contribution is -0.131. The molecule has 0 aromatic heterocycles. The van der Waals surface area contributed by atoms with Crippen LogP contribution in [0.15, 0.2) is 12.1 Å². The molecule has 0 fully saturated rings. The highest BCUT2D eigenvalue weighted by atomic mass is 16.5. The van der Waals surface area contributed by atoms with Crippen LogP contribution < -0.4 is 14.2 Å². The summed E-state index contributed by atoms with van der Waals surface area (Å²) >= 11 is 0. The molecule has 96 valence electrons. The van der Waals surface area contributed by atoms with Crippen molar-refractivity contribution in [1.29, 1.82) is 0 Å². The highest BCUT2D eigenvalue weighted by Gasteiger charge is 2.26. The average Bonchev–Trinajstić information content (AvgIpc) is 2.61. The zero-order chi connectivity index (χ0) is 13.1. The summed E-state index contributed by atoms with van der Waals surface area (Å²) < 4.78 is 15.9. The molecule has 18 heavy (non-hydrogen) atoms. The lowest BCUT2D eigenvalue weighted by atomic mass is 10.1. The Bertz CT molecular complexity index is 494. The molecule has 0 saturated carbocycles. The second kappa shape index (κ2) is 4.95. The summed E-state index contributed by atoms with van der Waals surface area (Å²) in [5.74, 6) is -1.75. The number of methoxy groups -OCH3 is 1. The number of ketones is 1. The molecule has 1 heterocycles. The topological polar surface area (TPSA) is 82.1 Å². The minimum absolute atomic E-state index is 0.0470. The van der Waals surface area contributed by atoms with Crippen LogP contribution in [-0.4, -0.2) is 37.2 Å². The summed E-state index contributed by atoms with van der Waals surface area (Å²) in [5.41, 5.74) is -0.0470. The van der Waals surface area contributed by atoms with Crippen molar-refractivity contribution in [3.63, 3.8) is 0 Å². The van der Waals surface area contributed by atoms with Crippen molar-refractivity contribution in [3.05, 3.63) is 17.7 Å². The van der Waals surface area contributed by atoms with Crippen LogP contribution in [0.1, 0.15) is 16.8 Å². The summed E-state index contributed by atoms with van der Waals surface area (Å²) in [6.07, 6.45) is 0.708. The molecule has 0 atom stereocenters. The van der Waals surface area contributed by atoms with Crippen molar-refractivity contribution in [3.8, 4) is 17.2 Å². The number of ether oxygens (including phenoxy) is 3. The van der Waals surface area contributed by atoms with E-state index < -0.39 is 11.8 Å². The van der Waals surface area contributed by atoms with Gasteiger partial charge in [0, 0.05) is 6.42 Å². The third-order valence-corrected chi connectivity index (χ3v) is 2.51. The molecule has 0 radical (unpaired) electrons. The number of carboxylic acids is 1. The van der Waals surface area contributed by atoms with Gasteiger partial charge in [-0.3, -0.25) is 4.79 Å². The molecule has 0 bridgehead atoms. The van der Waals surface area contributed by atoms with Gasteiger partial charge < -0.3 is 19.3 Å². The van der Waals surface area contributed by atoms with Crippen LogP contribution in [0.5, 0.6) is 17.2 Å².